The lowest BCUT2D eigenvalue weighted by atomic mass is 10.0. The van der Waals surface area contributed by atoms with Gasteiger partial charge in [0, 0.05) is 19.5 Å². The topological polar surface area (TPSA) is 87.7 Å². The fourth-order valence-corrected chi connectivity index (χ4v) is 4.85. The van der Waals surface area contributed by atoms with E-state index in [-0.39, 0.29) is 23.3 Å². The van der Waals surface area contributed by atoms with E-state index in [1.807, 2.05) is 0 Å². The third-order valence-corrected chi connectivity index (χ3v) is 6.74. The van der Waals surface area contributed by atoms with Crippen LogP contribution in [0.1, 0.15) is 96.8 Å². The van der Waals surface area contributed by atoms with Crippen molar-refractivity contribution in [3.63, 3.8) is 0 Å². The Hall–Kier alpha value is -1.70. The highest BCUT2D eigenvalue weighted by atomic mass is 32.1. The van der Waals surface area contributed by atoms with Crippen molar-refractivity contribution in [1.82, 2.24) is 15.5 Å². The molecule has 2 amide bonds. The van der Waals surface area contributed by atoms with Gasteiger partial charge in [-0.05, 0) is 37.4 Å². The summed E-state index contributed by atoms with van der Waals surface area (Å²) in [6.07, 6.45) is 14.3. The Morgan fingerprint density at radius 3 is 2.41 bits per heavy atom. The van der Waals surface area contributed by atoms with Gasteiger partial charge in [-0.3, -0.25) is 14.4 Å². The number of carbonyl (C=O) groups excluding carboxylic acids is 3. The summed E-state index contributed by atoms with van der Waals surface area (Å²) in [7, 11) is 0. The van der Waals surface area contributed by atoms with Gasteiger partial charge in [-0.2, -0.15) is 0 Å². The molecule has 1 aliphatic heterocycles. The molecule has 2 N–H and O–H groups in total. The van der Waals surface area contributed by atoms with Gasteiger partial charge in [0.05, 0.1) is 13.0 Å². The molecule has 0 aromatic carbocycles. The number of ether oxygens (including phenoxy) is 1. The van der Waals surface area contributed by atoms with Crippen LogP contribution in [-0.4, -0.2) is 53.5 Å². The van der Waals surface area contributed by atoms with Crippen molar-refractivity contribution in [3.05, 3.63) is 0 Å². The van der Waals surface area contributed by atoms with Crippen LogP contribution in [0.15, 0.2) is 0 Å². The minimum atomic E-state index is -0.742. The van der Waals surface area contributed by atoms with Crippen LogP contribution in [-0.2, 0) is 19.1 Å². The van der Waals surface area contributed by atoms with E-state index in [9.17, 15) is 14.4 Å². The number of amides is 2. The summed E-state index contributed by atoms with van der Waals surface area (Å²) in [4.78, 5) is 38.7. The van der Waals surface area contributed by atoms with Gasteiger partial charge in [0.15, 0.2) is 5.11 Å². The largest absolute Gasteiger partial charge is 0.466 e. The van der Waals surface area contributed by atoms with Gasteiger partial charge in [-0.25, -0.2) is 0 Å². The van der Waals surface area contributed by atoms with Crippen molar-refractivity contribution in [1.29, 1.82) is 0 Å². The molecule has 1 aliphatic carbocycles. The van der Waals surface area contributed by atoms with Crippen LogP contribution in [0.2, 0.25) is 0 Å². The quantitative estimate of drug-likeness (QED) is 0.243. The number of carbonyl (C=O) groups is 3. The number of nitrogens with one attached hydrogen (secondary N) is 2. The minimum Gasteiger partial charge on any atom is -0.466 e. The number of rotatable bonds is 13. The molecule has 0 aromatic heterocycles. The maximum atomic E-state index is 12.4. The van der Waals surface area contributed by atoms with Crippen LogP contribution < -0.4 is 10.6 Å². The van der Waals surface area contributed by atoms with Gasteiger partial charge >= 0.3 is 5.97 Å². The average Bonchev–Trinajstić information content (AvgIpc) is 3.26. The van der Waals surface area contributed by atoms with Gasteiger partial charge in [-0.15, -0.1) is 0 Å². The van der Waals surface area contributed by atoms with Crippen LogP contribution in [0.4, 0.5) is 0 Å². The fourth-order valence-electron chi connectivity index (χ4n) is 4.52. The van der Waals surface area contributed by atoms with Gasteiger partial charge in [0.1, 0.15) is 6.04 Å². The standard InChI is InChI=1S/C24H41N3O4S/c1-2-3-4-5-6-7-8-11-16-31-22(29)18-20-23(30)25-14-15-27(20)24(32)26-21(28)17-19-12-9-10-13-19/h19-20H,2-18H2,1H3,(H,25,30)(H,26,28,32). The second-order valence-corrected chi connectivity index (χ2v) is 9.49. The first-order valence-corrected chi connectivity index (χ1v) is 13.0. The number of piperazine rings is 1. The predicted octanol–water partition coefficient (Wildman–Crippen LogP) is 3.84. The fraction of sp³-hybridized carbons (Fsp3) is 0.833. The highest BCUT2D eigenvalue weighted by Gasteiger charge is 2.34. The molecule has 1 saturated carbocycles. The Labute approximate surface area is 198 Å². The number of nitrogens with zero attached hydrogens (tertiary/aromatic N) is 1. The molecule has 8 heteroatoms. The zero-order valence-electron chi connectivity index (χ0n) is 19.7. The molecule has 0 aromatic rings. The van der Waals surface area contributed by atoms with Crippen LogP contribution in [0.3, 0.4) is 0 Å². The Bertz CT molecular complexity index is 622. The molecule has 1 atom stereocenters. The molecule has 0 spiro atoms. The molecular formula is C24H41N3O4S. The molecule has 1 saturated heterocycles. The van der Waals surface area contributed by atoms with E-state index in [0.29, 0.717) is 32.0 Å². The Balaban J connectivity index is 1.69. The van der Waals surface area contributed by atoms with Gasteiger partial charge in [-0.1, -0.05) is 64.7 Å². The van der Waals surface area contributed by atoms with Crippen molar-refractivity contribution < 1.29 is 19.1 Å². The first-order chi connectivity index (χ1) is 15.5. The van der Waals surface area contributed by atoms with E-state index in [0.717, 1.165) is 32.1 Å². The molecule has 0 radical (unpaired) electrons. The van der Waals surface area contributed by atoms with E-state index in [4.69, 9.17) is 17.0 Å². The van der Waals surface area contributed by atoms with Crippen LogP contribution >= 0.6 is 12.2 Å². The molecule has 1 unspecified atom stereocenters. The molecule has 2 rings (SSSR count). The number of hydrogen-bond acceptors (Lipinski definition) is 5. The predicted molar refractivity (Wildman–Crippen MR) is 129 cm³/mol. The van der Waals surface area contributed by atoms with E-state index in [2.05, 4.69) is 17.6 Å². The van der Waals surface area contributed by atoms with Crippen molar-refractivity contribution in [2.24, 2.45) is 5.92 Å². The van der Waals surface area contributed by atoms with Gasteiger partial charge in [0.25, 0.3) is 0 Å². The summed E-state index contributed by atoms with van der Waals surface area (Å²) in [5.41, 5.74) is 0. The monoisotopic (exact) mass is 467 g/mol. The Kier molecular flexibility index (Phi) is 12.6. The molecule has 182 valence electrons. The number of thiocarbonyl (C=S) groups is 1. The third kappa shape index (κ3) is 9.84. The summed E-state index contributed by atoms with van der Waals surface area (Å²) in [6.45, 7) is 3.49. The number of hydrogen-bond donors (Lipinski definition) is 2. The molecular weight excluding hydrogens is 426 g/mol. The molecule has 32 heavy (non-hydrogen) atoms. The minimum absolute atomic E-state index is 0.0680. The summed E-state index contributed by atoms with van der Waals surface area (Å²) in [5, 5.41) is 5.78. The van der Waals surface area contributed by atoms with Crippen molar-refractivity contribution in [3.8, 4) is 0 Å². The summed E-state index contributed by atoms with van der Waals surface area (Å²) < 4.78 is 5.36. The van der Waals surface area contributed by atoms with Gasteiger partial charge < -0.3 is 20.3 Å². The smallest absolute Gasteiger partial charge is 0.308 e. The van der Waals surface area contributed by atoms with E-state index in [1.165, 1.54) is 44.9 Å². The molecule has 2 fully saturated rings. The van der Waals surface area contributed by atoms with Crippen LogP contribution in [0, 0.1) is 5.92 Å². The highest BCUT2D eigenvalue weighted by molar-refractivity contribution is 7.80. The third-order valence-electron chi connectivity index (χ3n) is 6.41. The molecule has 7 nitrogen and oxygen atoms in total. The van der Waals surface area contributed by atoms with Crippen LogP contribution in [0.25, 0.3) is 0 Å². The molecule has 1 heterocycles. The van der Waals surface area contributed by atoms with Gasteiger partial charge in [0.2, 0.25) is 11.8 Å². The molecule has 0 bridgehead atoms. The second-order valence-electron chi connectivity index (χ2n) is 9.11. The lowest BCUT2D eigenvalue weighted by Crippen LogP contribution is -2.60. The van der Waals surface area contributed by atoms with E-state index in [1.54, 1.807) is 4.90 Å². The van der Waals surface area contributed by atoms with Crippen molar-refractivity contribution in [2.45, 2.75) is 103 Å². The average molecular weight is 468 g/mol. The van der Waals surface area contributed by atoms with E-state index < -0.39 is 12.0 Å². The van der Waals surface area contributed by atoms with E-state index >= 15 is 0 Å². The normalized spacial score (nSPS) is 19.0. The van der Waals surface area contributed by atoms with Crippen LogP contribution in [0.5, 0.6) is 0 Å². The second kappa shape index (κ2) is 15.2. The highest BCUT2D eigenvalue weighted by Crippen LogP contribution is 2.27. The molecule has 2 aliphatic rings. The maximum absolute atomic E-state index is 12.4. The number of esters is 1. The Morgan fingerprint density at radius 1 is 1.06 bits per heavy atom. The lowest BCUT2D eigenvalue weighted by Gasteiger charge is -2.36. The zero-order valence-corrected chi connectivity index (χ0v) is 20.5. The Morgan fingerprint density at radius 2 is 1.72 bits per heavy atom. The summed E-state index contributed by atoms with van der Waals surface area (Å²) >= 11 is 5.41. The zero-order chi connectivity index (χ0) is 23.2. The van der Waals surface area contributed by atoms with Crippen molar-refractivity contribution in [2.75, 3.05) is 19.7 Å². The number of unbranched alkanes of at least 4 members (excludes halogenated alkanes) is 7. The lowest BCUT2D eigenvalue weighted by molar-refractivity contribution is -0.147. The summed E-state index contributed by atoms with van der Waals surface area (Å²) in [6, 6.07) is -0.742. The SMILES string of the molecule is CCCCCCCCCCOC(=O)CC1C(=O)NCCN1C(=S)NC(=O)CC1CCCC1. The summed E-state index contributed by atoms with van der Waals surface area (Å²) in [5.74, 6) is -0.346. The first-order valence-electron chi connectivity index (χ1n) is 12.5. The van der Waals surface area contributed by atoms with Crippen molar-refractivity contribution >= 4 is 35.1 Å². The maximum Gasteiger partial charge on any atom is 0.308 e. The first kappa shape index (κ1) is 26.6.